The molecule has 0 saturated heterocycles. The second-order valence-electron chi connectivity index (χ2n) is 11.6. The standard InChI is InChI=1S/2C14H28O6.C8H16O2/c1-4-12(2)14(16)20-10-8-17-7-9-19-13(3)11-18-6-5-15;1-4-12(2)14(16)20-10-9-17-7-8-18-11-13(3)19-6-5-15;1-4-6-10-8(9)7(3)5-2/h2*12-13,15H,4-11H2,1-3H3;7H,4-6H2,1-3H3. The van der Waals surface area contributed by atoms with Gasteiger partial charge in [-0.3, -0.25) is 14.4 Å². The fourth-order valence-electron chi connectivity index (χ4n) is 3.08. The molecule has 0 spiro atoms. The molecule has 0 saturated carbocycles. The summed E-state index contributed by atoms with van der Waals surface area (Å²) in [6.45, 7) is 22.5. The molecule has 0 bridgehead atoms. The van der Waals surface area contributed by atoms with Crippen molar-refractivity contribution in [2.45, 2.75) is 100 Å². The third-order valence-electron chi connectivity index (χ3n) is 6.87. The lowest BCUT2D eigenvalue weighted by Crippen LogP contribution is -2.21. The molecule has 0 aliphatic rings. The molecule has 5 unspecified atom stereocenters. The van der Waals surface area contributed by atoms with Crippen molar-refractivity contribution < 1.29 is 67.2 Å². The first-order chi connectivity index (χ1) is 23.9. The van der Waals surface area contributed by atoms with Gasteiger partial charge in [-0.2, -0.15) is 0 Å². The van der Waals surface area contributed by atoms with Gasteiger partial charge in [-0.15, -0.1) is 0 Å². The summed E-state index contributed by atoms with van der Waals surface area (Å²) in [7, 11) is 0. The van der Waals surface area contributed by atoms with Gasteiger partial charge in [0, 0.05) is 0 Å². The minimum atomic E-state index is -0.179. The highest BCUT2D eigenvalue weighted by Gasteiger charge is 2.12. The van der Waals surface area contributed by atoms with Gasteiger partial charge in [0.2, 0.25) is 0 Å². The number of aliphatic hydroxyl groups is 2. The molecule has 14 nitrogen and oxygen atoms in total. The quantitative estimate of drug-likeness (QED) is 0.0617. The fraction of sp³-hybridized carbons (Fsp3) is 0.917. The maximum atomic E-state index is 11.3. The van der Waals surface area contributed by atoms with Crippen molar-refractivity contribution >= 4 is 17.9 Å². The number of hydrogen-bond donors (Lipinski definition) is 2. The van der Waals surface area contributed by atoms with Crippen LogP contribution in [0.4, 0.5) is 0 Å². The highest BCUT2D eigenvalue weighted by molar-refractivity contribution is 5.72. The van der Waals surface area contributed by atoms with Gasteiger partial charge in [0.25, 0.3) is 0 Å². The Morgan fingerprint density at radius 2 is 0.780 bits per heavy atom. The molecule has 0 aromatic rings. The van der Waals surface area contributed by atoms with Gasteiger partial charge >= 0.3 is 17.9 Å². The predicted molar refractivity (Wildman–Crippen MR) is 190 cm³/mol. The Morgan fingerprint density at radius 3 is 1.18 bits per heavy atom. The van der Waals surface area contributed by atoms with Gasteiger partial charge < -0.3 is 52.8 Å². The number of aliphatic hydroxyl groups excluding tert-OH is 2. The summed E-state index contributed by atoms with van der Waals surface area (Å²) in [6, 6.07) is 0. The number of ether oxygens (including phenoxy) is 9. The normalized spacial score (nSPS) is 13.7. The van der Waals surface area contributed by atoms with Gasteiger partial charge in [-0.05, 0) is 39.5 Å². The van der Waals surface area contributed by atoms with E-state index in [1.165, 1.54) is 0 Å². The number of hydrogen-bond acceptors (Lipinski definition) is 14. The maximum absolute atomic E-state index is 11.3. The van der Waals surface area contributed by atoms with Crippen LogP contribution in [0.3, 0.4) is 0 Å². The van der Waals surface area contributed by atoms with E-state index in [2.05, 4.69) is 0 Å². The van der Waals surface area contributed by atoms with Gasteiger partial charge in [0.05, 0.1) is 116 Å². The van der Waals surface area contributed by atoms with E-state index < -0.39 is 0 Å². The second-order valence-corrected chi connectivity index (χ2v) is 11.6. The predicted octanol–water partition coefficient (Wildman–Crippen LogP) is 4.00. The minimum Gasteiger partial charge on any atom is -0.465 e. The van der Waals surface area contributed by atoms with E-state index in [-0.39, 0.29) is 74.3 Å². The summed E-state index contributed by atoms with van der Waals surface area (Å²) in [4.78, 5) is 33.6. The number of rotatable bonds is 30. The SMILES string of the molecule is CCC(C)C(=O)OCCOCCOC(C)COCCO.CCC(C)C(=O)OCCOCCOCC(C)OCCO.CCCOC(=O)C(C)CC. The maximum Gasteiger partial charge on any atom is 0.308 e. The third-order valence-corrected chi connectivity index (χ3v) is 6.87. The van der Waals surface area contributed by atoms with Gasteiger partial charge in [0.15, 0.2) is 0 Å². The molecule has 2 N–H and O–H groups in total. The molecule has 5 atom stereocenters. The van der Waals surface area contributed by atoms with Crippen LogP contribution in [-0.4, -0.2) is 139 Å². The molecule has 0 amide bonds. The molecule has 0 aromatic heterocycles. The lowest BCUT2D eigenvalue weighted by molar-refractivity contribution is -0.150. The number of esters is 3. The first-order valence-electron chi connectivity index (χ1n) is 18.2. The molecular weight excluding hydrogens is 656 g/mol. The Hall–Kier alpha value is -1.91. The van der Waals surface area contributed by atoms with E-state index in [9.17, 15) is 14.4 Å². The topological polar surface area (TPSA) is 175 Å². The highest BCUT2D eigenvalue weighted by atomic mass is 16.6. The fourth-order valence-corrected chi connectivity index (χ4v) is 3.08. The van der Waals surface area contributed by atoms with E-state index >= 15 is 0 Å². The van der Waals surface area contributed by atoms with Crippen LogP contribution < -0.4 is 0 Å². The van der Waals surface area contributed by atoms with Crippen LogP contribution in [0.2, 0.25) is 0 Å². The van der Waals surface area contributed by atoms with Crippen LogP contribution in [0.5, 0.6) is 0 Å². The number of carbonyl (C=O) groups is 3. The van der Waals surface area contributed by atoms with Crippen molar-refractivity contribution in [1.82, 2.24) is 0 Å². The molecule has 0 heterocycles. The van der Waals surface area contributed by atoms with Crippen LogP contribution in [0, 0.1) is 17.8 Å². The Balaban J connectivity index is -0.000000701. The molecular formula is C36H72O14. The van der Waals surface area contributed by atoms with E-state index in [0.29, 0.717) is 72.7 Å². The summed E-state index contributed by atoms with van der Waals surface area (Å²) in [6.07, 6.45) is 3.26. The average molecular weight is 729 g/mol. The van der Waals surface area contributed by atoms with Gasteiger partial charge in [-0.1, -0.05) is 48.5 Å². The molecule has 0 radical (unpaired) electrons. The molecule has 300 valence electrons. The van der Waals surface area contributed by atoms with Crippen molar-refractivity contribution in [2.75, 3.05) is 99.1 Å². The van der Waals surface area contributed by atoms with Crippen molar-refractivity contribution in [3.05, 3.63) is 0 Å². The lowest BCUT2D eigenvalue weighted by atomic mass is 10.1. The lowest BCUT2D eigenvalue weighted by Gasteiger charge is -2.13. The molecule has 14 heteroatoms. The second kappa shape index (κ2) is 39.9. The van der Waals surface area contributed by atoms with Crippen LogP contribution in [0.1, 0.15) is 88.0 Å². The van der Waals surface area contributed by atoms with Crippen molar-refractivity contribution in [2.24, 2.45) is 17.8 Å². The minimum absolute atomic E-state index is 0.0167. The monoisotopic (exact) mass is 728 g/mol. The van der Waals surface area contributed by atoms with Crippen molar-refractivity contribution in [1.29, 1.82) is 0 Å². The molecule has 0 aliphatic heterocycles. The van der Waals surface area contributed by atoms with E-state index in [0.717, 1.165) is 25.7 Å². The number of carbonyl (C=O) groups excluding carboxylic acids is 3. The molecule has 0 aliphatic carbocycles. The highest BCUT2D eigenvalue weighted by Crippen LogP contribution is 2.04. The van der Waals surface area contributed by atoms with Crippen LogP contribution in [0.15, 0.2) is 0 Å². The van der Waals surface area contributed by atoms with Gasteiger partial charge in [-0.25, -0.2) is 0 Å². The molecule has 0 fully saturated rings. The largest absolute Gasteiger partial charge is 0.465 e. The van der Waals surface area contributed by atoms with Crippen molar-refractivity contribution in [3.8, 4) is 0 Å². The molecule has 0 aromatic carbocycles. The van der Waals surface area contributed by atoms with E-state index in [4.69, 9.17) is 52.8 Å². The molecule has 0 rings (SSSR count). The van der Waals surface area contributed by atoms with Crippen LogP contribution in [0.25, 0.3) is 0 Å². The summed E-state index contributed by atoms with van der Waals surface area (Å²) in [5.41, 5.74) is 0. The smallest absolute Gasteiger partial charge is 0.308 e. The van der Waals surface area contributed by atoms with Crippen molar-refractivity contribution in [3.63, 3.8) is 0 Å². The van der Waals surface area contributed by atoms with E-state index in [1.807, 2.05) is 62.3 Å². The third kappa shape index (κ3) is 37.3. The average Bonchev–Trinajstić information content (AvgIpc) is 3.12. The Bertz CT molecular complexity index is 754. The van der Waals surface area contributed by atoms with Gasteiger partial charge in [0.1, 0.15) is 13.2 Å². The summed E-state index contributed by atoms with van der Waals surface area (Å²) < 4.78 is 46.7. The zero-order chi connectivity index (χ0) is 38.4. The van der Waals surface area contributed by atoms with Crippen LogP contribution >= 0.6 is 0 Å². The first kappa shape index (κ1) is 52.5. The zero-order valence-electron chi connectivity index (χ0n) is 32.6. The summed E-state index contributed by atoms with van der Waals surface area (Å²) >= 11 is 0. The summed E-state index contributed by atoms with van der Waals surface area (Å²) in [5.74, 6) is -0.475. The first-order valence-corrected chi connectivity index (χ1v) is 18.2. The Morgan fingerprint density at radius 1 is 0.440 bits per heavy atom. The zero-order valence-corrected chi connectivity index (χ0v) is 32.6. The Labute approximate surface area is 302 Å². The Kier molecular flexibility index (Phi) is 41.8. The van der Waals surface area contributed by atoms with E-state index in [1.54, 1.807) is 0 Å². The molecule has 50 heavy (non-hydrogen) atoms. The summed E-state index contributed by atoms with van der Waals surface area (Å²) in [5, 5.41) is 17.1. The van der Waals surface area contributed by atoms with Crippen LogP contribution in [-0.2, 0) is 57.0 Å².